The van der Waals surface area contributed by atoms with E-state index in [1.165, 1.54) is 29.1 Å². The van der Waals surface area contributed by atoms with Crippen LogP contribution < -0.4 is 10.2 Å². The van der Waals surface area contributed by atoms with Crippen LogP contribution >= 0.6 is 0 Å². The van der Waals surface area contributed by atoms with Crippen molar-refractivity contribution in [3.63, 3.8) is 0 Å². The number of aromatic nitrogens is 4. The van der Waals surface area contributed by atoms with Crippen LogP contribution in [0.2, 0.25) is 0 Å². The first kappa shape index (κ1) is 22.2. The molecule has 1 aliphatic heterocycles. The molecule has 1 fully saturated rings. The Bertz CT molecular complexity index is 1250. The summed E-state index contributed by atoms with van der Waals surface area (Å²) in [5.41, 5.74) is 5.65. The third-order valence-corrected chi connectivity index (χ3v) is 6.68. The van der Waals surface area contributed by atoms with Gasteiger partial charge in [-0.1, -0.05) is 0 Å². The van der Waals surface area contributed by atoms with Gasteiger partial charge in [0.2, 0.25) is 5.91 Å². The van der Waals surface area contributed by atoms with E-state index in [1.54, 1.807) is 12.7 Å². The Balaban J connectivity index is 1.16. The van der Waals surface area contributed by atoms with E-state index in [0.717, 1.165) is 50.4 Å². The Kier molecular flexibility index (Phi) is 6.31. The van der Waals surface area contributed by atoms with E-state index in [1.807, 2.05) is 16.7 Å². The van der Waals surface area contributed by atoms with Gasteiger partial charge in [-0.25, -0.2) is 0 Å². The maximum absolute atomic E-state index is 11.2. The number of nitrogens with zero attached hydrogens (tertiary/aromatic N) is 5. The van der Waals surface area contributed by atoms with Crippen molar-refractivity contribution < 1.29 is 4.79 Å². The highest BCUT2D eigenvalue weighted by Gasteiger charge is 2.23. The number of fused-ring (bicyclic) bond motifs is 1. The molecule has 0 saturated carbocycles. The number of aryl methyl sites for hydroxylation is 1. The van der Waals surface area contributed by atoms with Crippen molar-refractivity contribution in [2.24, 2.45) is 0 Å². The van der Waals surface area contributed by atoms with Crippen LogP contribution in [0, 0.1) is 0 Å². The minimum Gasteiger partial charge on any atom is -0.369 e. The lowest BCUT2D eigenvalue weighted by Crippen LogP contribution is -2.52. The zero-order valence-electron chi connectivity index (χ0n) is 19.7. The van der Waals surface area contributed by atoms with E-state index in [0.29, 0.717) is 6.04 Å². The average molecular weight is 458 g/mol. The predicted molar refractivity (Wildman–Crippen MR) is 136 cm³/mol. The lowest BCUT2D eigenvalue weighted by atomic mass is 10.1. The molecule has 0 spiro atoms. The van der Waals surface area contributed by atoms with Crippen LogP contribution in [0.25, 0.3) is 16.6 Å². The number of piperazine rings is 1. The van der Waals surface area contributed by atoms with Crippen LogP contribution in [-0.4, -0.2) is 62.8 Å². The Morgan fingerprint density at radius 2 is 1.85 bits per heavy atom. The van der Waals surface area contributed by atoms with Crippen LogP contribution in [0.4, 0.5) is 11.4 Å². The molecule has 0 radical (unpaired) electrons. The number of aromatic amines is 1. The fraction of sp³-hybridized carbons (Fsp3) is 0.346. The highest BCUT2D eigenvalue weighted by Crippen LogP contribution is 2.24. The molecule has 8 heteroatoms. The number of anilines is 2. The highest BCUT2D eigenvalue weighted by atomic mass is 16.1. The highest BCUT2D eigenvalue weighted by molar-refractivity contribution is 5.88. The normalized spacial score (nSPS) is 16.8. The fourth-order valence-corrected chi connectivity index (χ4v) is 4.86. The number of benzene rings is 2. The summed E-state index contributed by atoms with van der Waals surface area (Å²) in [4.78, 5) is 19.7. The van der Waals surface area contributed by atoms with Crippen LogP contribution in [0.15, 0.2) is 61.3 Å². The summed E-state index contributed by atoms with van der Waals surface area (Å²) in [6, 6.07) is 15.1. The van der Waals surface area contributed by atoms with E-state index < -0.39 is 0 Å². The summed E-state index contributed by atoms with van der Waals surface area (Å²) in [7, 11) is 0. The number of carbonyl (C=O) groups excluding carboxylic acids is 1. The second-order valence-corrected chi connectivity index (χ2v) is 9.08. The average Bonchev–Trinajstić information content (AvgIpc) is 3.50. The summed E-state index contributed by atoms with van der Waals surface area (Å²) in [5, 5.41) is 11.9. The van der Waals surface area contributed by atoms with Gasteiger partial charge < -0.3 is 15.2 Å². The number of rotatable bonds is 7. The fourth-order valence-electron chi connectivity index (χ4n) is 4.86. The summed E-state index contributed by atoms with van der Waals surface area (Å²) in [5.74, 6) is -0.0430. The standard InChI is InChI=1S/C26H31N7O/c1-19-16-32(23-7-5-22(6-8-23)30-20(2)34)13-12-31(19)11-3-4-21-15-27-26-10-9-24(14-25(21)26)33-17-28-29-18-33/h5-10,14-15,17-19,27H,3-4,11-13,16H2,1-2H3,(H,30,34). The molecular weight excluding hydrogens is 426 g/mol. The van der Waals surface area contributed by atoms with Gasteiger partial charge in [0.15, 0.2) is 0 Å². The Morgan fingerprint density at radius 3 is 2.59 bits per heavy atom. The Hall–Kier alpha value is -3.65. The number of amides is 1. The van der Waals surface area contributed by atoms with E-state index in [-0.39, 0.29) is 5.91 Å². The summed E-state index contributed by atoms with van der Waals surface area (Å²) >= 11 is 0. The van der Waals surface area contributed by atoms with Crippen molar-refractivity contribution in [2.45, 2.75) is 32.7 Å². The molecule has 1 saturated heterocycles. The number of carbonyl (C=O) groups is 1. The third-order valence-electron chi connectivity index (χ3n) is 6.68. The first-order valence-corrected chi connectivity index (χ1v) is 11.9. The molecule has 1 aliphatic rings. The quantitative estimate of drug-likeness (QED) is 0.441. The second kappa shape index (κ2) is 9.69. The van der Waals surface area contributed by atoms with Crippen LogP contribution in [0.5, 0.6) is 0 Å². The summed E-state index contributed by atoms with van der Waals surface area (Å²) < 4.78 is 1.94. The largest absolute Gasteiger partial charge is 0.369 e. The molecular formula is C26H31N7O. The van der Waals surface area contributed by atoms with E-state index in [9.17, 15) is 4.79 Å². The van der Waals surface area contributed by atoms with Gasteiger partial charge in [-0.2, -0.15) is 0 Å². The van der Waals surface area contributed by atoms with Crippen molar-refractivity contribution in [2.75, 3.05) is 36.4 Å². The smallest absolute Gasteiger partial charge is 0.221 e. The van der Waals surface area contributed by atoms with Crippen molar-refractivity contribution in [1.29, 1.82) is 0 Å². The Labute approximate surface area is 199 Å². The lowest BCUT2D eigenvalue weighted by Gasteiger charge is -2.41. The predicted octanol–water partition coefficient (Wildman–Crippen LogP) is 3.85. The maximum Gasteiger partial charge on any atom is 0.221 e. The van der Waals surface area contributed by atoms with Crippen LogP contribution in [0.3, 0.4) is 0 Å². The van der Waals surface area contributed by atoms with Gasteiger partial charge in [0.05, 0.1) is 0 Å². The first-order chi connectivity index (χ1) is 16.6. The monoisotopic (exact) mass is 457 g/mol. The number of H-pyrrole nitrogens is 1. The minimum absolute atomic E-state index is 0.0430. The number of hydrogen-bond donors (Lipinski definition) is 2. The van der Waals surface area contributed by atoms with Crippen molar-refractivity contribution in [3.8, 4) is 5.69 Å². The van der Waals surface area contributed by atoms with Gasteiger partial charge in [-0.15, -0.1) is 10.2 Å². The molecule has 4 aromatic rings. The lowest BCUT2D eigenvalue weighted by molar-refractivity contribution is -0.114. The molecule has 176 valence electrons. The summed E-state index contributed by atoms with van der Waals surface area (Å²) in [6.07, 6.45) is 7.77. The van der Waals surface area contributed by atoms with E-state index in [2.05, 4.69) is 73.8 Å². The first-order valence-electron chi connectivity index (χ1n) is 11.9. The van der Waals surface area contributed by atoms with Crippen LogP contribution in [0.1, 0.15) is 25.8 Å². The van der Waals surface area contributed by atoms with Gasteiger partial charge in [-0.3, -0.25) is 14.3 Å². The van der Waals surface area contributed by atoms with E-state index >= 15 is 0 Å². The van der Waals surface area contributed by atoms with Gasteiger partial charge in [0.1, 0.15) is 12.7 Å². The third kappa shape index (κ3) is 4.82. The minimum atomic E-state index is -0.0430. The molecule has 2 N–H and O–H groups in total. The van der Waals surface area contributed by atoms with Gasteiger partial charge in [-0.05, 0) is 74.3 Å². The Morgan fingerprint density at radius 1 is 1.09 bits per heavy atom. The molecule has 5 rings (SSSR count). The van der Waals surface area contributed by atoms with Gasteiger partial charge >= 0.3 is 0 Å². The molecule has 0 aliphatic carbocycles. The van der Waals surface area contributed by atoms with Crippen molar-refractivity contribution in [1.82, 2.24) is 24.6 Å². The molecule has 1 amide bonds. The van der Waals surface area contributed by atoms with Crippen LogP contribution in [-0.2, 0) is 11.2 Å². The topological polar surface area (TPSA) is 82.1 Å². The molecule has 2 aromatic heterocycles. The molecule has 2 aromatic carbocycles. The summed E-state index contributed by atoms with van der Waals surface area (Å²) in [6.45, 7) is 8.02. The second-order valence-electron chi connectivity index (χ2n) is 9.08. The molecule has 34 heavy (non-hydrogen) atoms. The van der Waals surface area contributed by atoms with Gasteiger partial charge in [0, 0.05) is 66.8 Å². The molecule has 0 bridgehead atoms. The number of nitrogens with one attached hydrogen (secondary N) is 2. The van der Waals surface area contributed by atoms with E-state index in [4.69, 9.17) is 0 Å². The molecule has 1 unspecified atom stereocenters. The SMILES string of the molecule is CC(=O)Nc1ccc(N2CCN(CCCc3c[nH]c4ccc(-n5cnnc5)cc34)C(C)C2)cc1. The molecule has 3 heterocycles. The van der Waals surface area contributed by atoms with Gasteiger partial charge in [0.25, 0.3) is 0 Å². The zero-order chi connectivity index (χ0) is 23.5. The zero-order valence-corrected chi connectivity index (χ0v) is 19.7. The molecule has 1 atom stereocenters. The van der Waals surface area contributed by atoms with Crippen molar-refractivity contribution >= 4 is 28.2 Å². The maximum atomic E-state index is 11.2. The van der Waals surface area contributed by atoms with Crippen molar-refractivity contribution in [3.05, 3.63) is 66.9 Å². The number of hydrogen-bond acceptors (Lipinski definition) is 5. The molecule has 8 nitrogen and oxygen atoms in total.